The average molecular weight is 715 g/mol. The van der Waals surface area contributed by atoms with Crippen LogP contribution in [-0.4, -0.2) is 43.5 Å². The van der Waals surface area contributed by atoms with E-state index < -0.39 is 32.3 Å². The van der Waals surface area contributed by atoms with Crippen LogP contribution in [0.5, 0.6) is 0 Å². The average Bonchev–Trinajstić information content (AvgIpc) is 3.23. The van der Waals surface area contributed by atoms with Crippen LogP contribution in [-0.2, 0) is 4.43 Å². The Kier molecular flexibility index (Phi) is 17.1. The Hall–Kier alpha value is 0.276. The first-order valence-electron chi connectivity index (χ1n) is 15.8. The molecule has 0 aromatic carbocycles. The Morgan fingerprint density at radius 1 is 1.00 bits per heavy atom. The monoisotopic (exact) mass is 714 g/mol. The molecule has 0 saturated carbocycles. The number of aliphatic hydroxyl groups is 1. The van der Waals surface area contributed by atoms with E-state index in [4.69, 9.17) is 4.43 Å². The zero-order chi connectivity index (χ0) is 28.7. The molecule has 0 bridgehead atoms. The van der Waals surface area contributed by atoms with E-state index >= 15 is 0 Å². The molecule has 1 rings (SSSR count). The Labute approximate surface area is 251 Å². The third kappa shape index (κ3) is 12.0. The van der Waals surface area contributed by atoms with Crippen LogP contribution >= 0.6 is 15.9 Å². The van der Waals surface area contributed by atoms with Gasteiger partial charge in [-0.05, 0) is 0 Å². The van der Waals surface area contributed by atoms with Gasteiger partial charge in [0.2, 0.25) is 0 Å². The molecule has 0 spiro atoms. The van der Waals surface area contributed by atoms with Gasteiger partial charge in [-0.3, -0.25) is 0 Å². The van der Waals surface area contributed by atoms with Gasteiger partial charge in [0.15, 0.2) is 0 Å². The summed E-state index contributed by atoms with van der Waals surface area (Å²) in [5.41, 5.74) is -0.972. The number of hydrogen-bond donors (Lipinski definition) is 1. The first-order chi connectivity index (χ1) is 18.0. The first-order valence-corrected chi connectivity index (χ1v) is 26.6. The summed E-state index contributed by atoms with van der Waals surface area (Å²) in [7, 11) is -1.83. The third-order valence-corrected chi connectivity index (χ3v) is 27.5. The van der Waals surface area contributed by atoms with Crippen LogP contribution in [0.2, 0.25) is 31.4 Å². The van der Waals surface area contributed by atoms with Crippen molar-refractivity contribution in [2.75, 3.05) is 0 Å². The SMILES string of the molecule is CCC[CH2][Sn]([C]#CC(C)(C)CC(C#CCC1(O)CCC=C1Br)O[Si](CC)(CC)CC)([CH2]CCC)[CH2]CCC. The van der Waals surface area contributed by atoms with Crippen molar-refractivity contribution >= 4 is 42.6 Å². The number of allylic oxidation sites excluding steroid dienone is 1. The molecule has 218 valence electrons. The van der Waals surface area contributed by atoms with Gasteiger partial charge in [0.25, 0.3) is 0 Å². The van der Waals surface area contributed by atoms with Crippen molar-refractivity contribution in [2.45, 2.75) is 163 Å². The molecule has 2 unspecified atom stereocenters. The maximum absolute atomic E-state index is 11.0. The predicted octanol–water partition coefficient (Wildman–Crippen LogP) is 10.4. The van der Waals surface area contributed by atoms with Crippen molar-refractivity contribution in [1.29, 1.82) is 0 Å². The van der Waals surface area contributed by atoms with Crippen LogP contribution in [0, 0.1) is 27.1 Å². The Morgan fingerprint density at radius 2 is 1.53 bits per heavy atom. The van der Waals surface area contributed by atoms with Crippen LogP contribution in [0.3, 0.4) is 0 Å². The van der Waals surface area contributed by atoms with Crippen LogP contribution in [0.1, 0.15) is 120 Å². The molecular weight excluding hydrogens is 655 g/mol. The van der Waals surface area contributed by atoms with E-state index in [1.807, 2.05) is 0 Å². The standard InChI is InChI=1S/C21H32BrO2Si.3C4H9.Sn/c1-7-20(5,6)17-18(24-25(8-2,9-3)10-4)13-11-15-21(23)16-12-14-19(21)22;3*1-3-4-2;/h14,18,23H,8-10,12,15-17H2,2-6H3;3*1,3-4H2,2H3;. The molecule has 0 heterocycles. The van der Waals surface area contributed by atoms with Gasteiger partial charge in [0.1, 0.15) is 0 Å². The third-order valence-electron chi connectivity index (χ3n) is 8.68. The summed E-state index contributed by atoms with van der Waals surface area (Å²) in [6.45, 7) is 18.5. The Bertz CT molecular complexity index is 812. The van der Waals surface area contributed by atoms with Crippen molar-refractivity contribution < 1.29 is 9.53 Å². The molecule has 0 amide bonds. The van der Waals surface area contributed by atoms with Crippen molar-refractivity contribution in [3.63, 3.8) is 0 Å². The van der Waals surface area contributed by atoms with Gasteiger partial charge >= 0.3 is 253 Å². The van der Waals surface area contributed by atoms with E-state index in [9.17, 15) is 5.11 Å². The van der Waals surface area contributed by atoms with Gasteiger partial charge in [0.05, 0.1) is 0 Å². The van der Waals surface area contributed by atoms with Gasteiger partial charge in [-0.25, -0.2) is 0 Å². The van der Waals surface area contributed by atoms with Crippen molar-refractivity contribution in [3.8, 4) is 21.7 Å². The number of rotatable bonds is 17. The second-order valence-corrected chi connectivity index (χ2v) is 30.3. The van der Waals surface area contributed by atoms with E-state index in [0.29, 0.717) is 6.42 Å². The fourth-order valence-corrected chi connectivity index (χ4v) is 22.6. The normalized spacial score (nSPS) is 18.8. The van der Waals surface area contributed by atoms with Crippen molar-refractivity contribution in [1.82, 2.24) is 0 Å². The molecule has 1 N–H and O–H groups in total. The van der Waals surface area contributed by atoms with Crippen LogP contribution in [0.25, 0.3) is 0 Å². The molecule has 38 heavy (non-hydrogen) atoms. The molecule has 0 aromatic heterocycles. The quantitative estimate of drug-likeness (QED) is 0.120. The minimum absolute atomic E-state index is 0.120. The van der Waals surface area contributed by atoms with Crippen molar-refractivity contribution in [2.24, 2.45) is 5.41 Å². The molecule has 2 atom stereocenters. The fraction of sp³-hybridized carbons (Fsp3) is 0.818. The second-order valence-electron chi connectivity index (χ2n) is 12.4. The van der Waals surface area contributed by atoms with Gasteiger partial charge in [0, 0.05) is 0 Å². The van der Waals surface area contributed by atoms with Crippen LogP contribution < -0.4 is 0 Å². The molecule has 0 saturated heterocycles. The number of hydrogen-bond acceptors (Lipinski definition) is 2. The molecule has 0 aromatic rings. The van der Waals surface area contributed by atoms with Gasteiger partial charge in [-0.2, -0.15) is 0 Å². The number of unbranched alkanes of at least 4 members (excludes halogenated alkanes) is 3. The summed E-state index contributed by atoms with van der Waals surface area (Å²) < 4.78 is 16.3. The van der Waals surface area contributed by atoms with E-state index in [1.54, 1.807) is 0 Å². The molecule has 0 radical (unpaired) electrons. The summed E-state index contributed by atoms with van der Waals surface area (Å²) in [6, 6.07) is 3.35. The predicted molar refractivity (Wildman–Crippen MR) is 177 cm³/mol. The van der Waals surface area contributed by atoms with Gasteiger partial charge in [-0.15, -0.1) is 0 Å². The summed E-state index contributed by atoms with van der Waals surface area (Å²) >= 11 is 1.04. The first kappa shape index (κ1) is 36.3. The van der Waals surface area contributed by atoms with Crippen molar-refractivity contribution in [3.05, 3.63) is 10.6 Å². The zero-order valence-electron chi connectivity index (χ0n) is 26.2. The Morgan fingerprint density at radius 3 is 1.95 bits per heavy atom. The topological polar surface area (TPSA) is 29.5 Å². The minimum atomic E-state index is -2.52. The summed E-state index contributed by atoms with van der Waals surface area (Å²) in [4.78, 5) is 0. The number of halogens is 1. The molecule has 5 heteroatoms. The van der Waals surface area contributed by atoms with Gasteiger partial charge < -0.3 is 0 Å². The second kappa shape index (κ2) is 17.9. The van der Waals surface area contributed by atoms with E-state index in [0.717, 1.165) is 41.9 Å². The van der Waals surface area contributed by atoms with E-state index in [1.165, 1.54) is 51.8 Å². The van der Waals surface area contributed by atoms with Crippen LogP contribution in [0.4, 0.5) is 0 Å². The molecule has 1 aliphatic carbocycles. The molecule has 1 aliphatic rings. The summed E-state index contributed by atoms with van der Waals surface area (Å²) in [5, 5.41) is 11.0. The zero-order valence-corrected chi connectivity index (χ0v) is 31.6. The summed E-state index contributed by atoms with van der Waals surface area (Å²) in [6.07, 6.45) is 12.8. The van der Waals surface area contributed by atoms with Gasteiger partial charge in [-0.1, -0.05) is 0 Å². The maximum atomic E-state index is 11.0. The molecule has 0 fully saturated rings. The van der Waals surface area contributed by atoms with Crippen LogP contribution in [0.15, 0.2) is 10.6 Å². The Balaban J connectivity index is 3.28. The fourth-order valence-electron chi connectivity index (χ4n) is 5.58. The van der Waals surface area contributed by atoms with E-state index in [2.05, 4.69) is 99.1 Å². The molecule has 0 aliphatic heterocycles. The summed E-state index contributed by atoms with van der Waals surface area (Å²) in [5.74, 6) is 10.8. The van der Waals surface area contributed by atoms with E-state index in [-0.39, 0.29) is 11.5 Å². The molecule has 2 nitrogen and oxygen atoms in total. The molecular formula is C33H59BrO2SiSn.